The number of hydrogen-bond donors (Lipinski definition) is 3. The molecular formula is C14H20N2O4. The first-order valence-electron chi connectivity index (χ1n) is 6.48. The van der Waals surface area contributed by atoms with Crippen molar-refractivity contribution in [2.45, 2.75) is 26.4 Å². The Balaban J connectivity index is 2.40. The van der Waals surface area contributed by atoms with Gasteiger partial charge in [0, 0.05) is 18.8 Å². The van der Waals surface area contributed by atoms with Gasteiger partial charge in [0.2, 0.25) is 0 Å². The van der Waals surface area contributed by atoms with Gasteiger partial charge >= 0.3 is 12.0 Å². The average Bonchev–Trinajstić information content (AvgIpc) is 2.38. The Kier molecular flexibility index (Phi) is 6.52. The molecule has 0 aliphatic carbocycles. The number of carbonyl (C=O) groups excluding carboxylic acids is 1. The summed E-state index contributed by atoms with van der Waals surface area (Å²) in [6.45, 7) is 4.81. The fourth-order valence-corrected chi connectivity index (χ4v) is 1.64. The number of benzene rings is 1. The third kappa shape index (κ3) is 6.19. The number of aliphatic carboxylic acids is 1. The monoisotopic (exact) mass is 280 g/mol. The normalized spacial score (nSPS) is 11.7. The molecule has 6 nitrogen and oxygen atoms in total. The second-order valence-electron chi connectivity index (χ2n) is 4.37. The summed E-state index contributed by atoms with van der Waals surface area (Å²) in [5, 5.41) is 14.0. The van der Waals surface area contributed by atoms with Crippen LogP contribution >= 0.6 is 0 Å². The quantitative estimate of drug-likeness (QED) is 0.711. The lowest BCUT2D eigenvalue weighted by molar-refractivity contribution is -0.136. The fourth-order valence-electron chi connectivity index (χ4n) is 1.64. The Labute approximate surface area is 118 Å². The van der Waals surface area contributed by atoms with Crippen LogP contribution in [0.2, 0.25) is 0 Å². The van der Waals surface area contributed by atoms with E-state index in [-0.39, 0.29) is 18.6 Å². The maximum atomic E-state index is 11.6. The number of carbonyl (C=O) groups is 2. The molecule has 3 N–H and O–H groups in total. The highest BCUT2D eigenvalue weighted by molar-refractivity contribution is 5.89. The van der Waals surface area contributed by atoms with E-state index in [0.29, 0.717) is 24.4 Å². The van der Waals surface area contributed by atoms with Crippen LogP contribution in [-0.2, 0) is 16.0 Å². The SMILES string of the molecule is CCOC(C)CNC(=O)Nc1ccc(CC(=O)O)cc1. The molecule has 0 heterocycles. The van der Waals surface area contributed by atoms with E-state index in [9.17, 15) is 9.59 Å². The number of hydrogen-bond acceptors (Lipinski definition) is 3. The van der Waals surface area contributed by atoms with Crippen molar-refractivity contribution in [3.05, 3.63) is 29.8 Å². The largest absolute Gasteiger partial charge is 0.481 e. The first-order valence-corrected chi connectivity index (χ1v) is 6.48. The number of anilines is 1. The number of nitrogens with one attached hydrogen (secondary N) is 2. The molecule has 1 rings (SSSR count). The lowest BCUT2D eigenvalue weighted by Gasteiger charge is -2.13. The van der Waals surface area contributed by atoms with Crippen molar-refractivity contribution in [3.63, 3.8) is 0 Å². The summed E-state index contributed by atoms with van der Waals surface area (Å²) in [5.74, 6) is -0.881. The molecule has 0 spiro atoms. The Morgan fingerprint density at radius 2 is 1.95 bits per heavy atom. The molecule has 20 heavy (non-hydrogen) atoms. The van der Waals surface area contributed by atoms with Gasteiger partial charge < -0.3 is 20.5 Å². The van der Waals surface area contributed by atoms with Crippen LogP contribution in [0.5, 0.6) is 0 Å². The van der Waals surface area contributed by atoms with Gasteiger partial charge in [0.05, 0.1) is 12.5 Å². The van der Waals surface area contributed by atoms with Crippen LogP contribution in [0.4, 0.5) is 10.5 Å². The van der Waals surface area contributed by atoms with E-state index >= 15 is 0 Å². The lowest BCUT2D eigenvalue weighted by atomic mass is 10.1. The summed E-state index contributed by atoms with van der Waals surface area (Å²) in [7, 11) is 0. The van der Waals surface area contributed by atoms with E-state index in [1.165, 1.54) is 0 Å². The number of amides is 2. The summed E-state index contributed by atoms with van der Waals surface area (Å²) in [5.41, 5.74) is 1.30. The van der Waals surface area contributed by atoms with E-state index in [1.807, 2.05) is 13.8 Å². The van der Waals surface area contributed by atoms with Crippen LogP contribution in [0.25, 0.3) is 0 Å². The number of carboxylic acid groups (broad SMARTS) is 1. The van der Waals surface area contributed by atoms with E-state index in [0.717, 1.165) is 0 Å². The number of ether oxygens (including phenoxy) is 1. The molecule has 1 unspecified atom stereocenters. The van der Waals surface area contributed by atoms with Crippen LogP contribution in [0.3, 0.4) is 0 Å². The second-order valence-corrected chi connectivity index (χ2v) is 4.37. The first kappa shape index (κ1) is 16.0. The van der Waals surface area contributed by atoms with Crippen molar-refractivity contribution in [2.75, 3.05) is 18.5 Å². The average molecular weight is 280 g/mol. The molecule has 6 heteroatoms. The van der Waals surface area contributed by atoms with Crippen molar-refractivity contribution in [1.82, 2.24) is 5.32 Å². The van der Waals surface area contributed by atoms with Crippen molar-refractivity contribution < 1.29 is 19.4 Å². The third-order valence-corrected chi connectivity index (χ3v) is 2.57. The molecule has 1 aromatic rings. The second kappa shape index (κ2) is 8.16. The predicted octanol–water partition coefficient (Wildman–Crippen LogP) is 1.86. The van der Waals surface area contributed by atoms with Crippen molar-refractivity contribution in [2.24, 2.45) is 0 Å². The van der Waals surface area contributed by atoms with Crippen LogP contribution < -0.4 is 10.6 Å². The summed E-state index contributed by atoms with van der Waals surface area (Å²) >= 11 is 0. The van der Waals surface area contributed by atoms with E-state index in [4.69, 9.17) is 9.84 Å². The molecule has 0 aliphatic heterocycles. The smallest absolute Gasteiger partial charge is 0.319 e. The Hall–Kier alpha value is -2.08. The highest BCUT2D eigenvalue weighted by atomic mass is 16.5. The highest BCUT2D eigenvalue weighted by Gasteiger charge is 2.06. The summed E-state index contributed by atoms with van der Waals surface area (Å²) < 4.78 is 5.30. The molecule has 2 amide bonds. The first-order chi connectivity index (χ1) is 9.51. The van der Waals surface area contributed by atoms with Gasteiger partial charge in [-0.05, 0) is 31.5 Å². The molecule has 0 fully saturated rings. The number of urea groups is 1. The minimum absolute atomic E-state index is 0.0294. The maximum Gasteiger partial charge on any atom is 0.319 e. The highest BCUT2D eigenvalue weighted by Crippen LogP contribution is 2.09. The van der Waals surface area contributed by atoms with Gasteiger partial charge in [-0.2, -0.15) is 0 Å². The minimum Gasteiger partial charge on any atom is -0.481 e. The zero-order valence-electron chi connectivity index (χ0n) is 11.7. The van der Waals surface area contributed by atoms with Crippen LogP contribution in [-0.4, -0.2) is 36.4 Å². The van der Waals surface area contributed by atoms with E-state index < -0.39 is 5.97 Å². The van der Waals surface area contributed by atoms with Crippen LogP contribution in [0.1, 0.15) is 19.4 Å². The van der Waals surface area contributed by atoms with E-state index in [1.54, 1.807) is 24.3 Å². The Morgan fingerprint density at radius 3 is 2.50 bits per heavy atom. The zero-order chi connectivity index (χ0) is 15.0. The van der Waals surface area contributed by atoms with Crippen LogP contribution in [0.15, 0.2) is 24.3 Å². The van der Waals surface area contributed by atoms with Crippen molar-refractivity contribution in [3.8, 4) is 0 Å². The topological polar surface area (TPSA) is 87.7 Å². The molecule has 0 aromatic heterocycles. The van der Waals surface area contributed by atoms with Gasteiger partial charge in [0.1, 0.15) is 0 Å². The summed E-state index contributed by atoms with van der Waals surface area (Å²) in [6.07, 6.45) is -0.0677. The molecule has 0 radical (unpaired) electrons. The third-order valence-electron chi connectivity index (χ3n) is 2.57. The summed E-state index contributed by atoms with van der Waals surface area (Å²) in [6, 6.07) is 6.37. The van der Waals surface area contributed by atoms with Crippen molar-refractivity contribution >= 4 is 17.7 Å². The fraction of sp³-hybridized carbons (Fsp3) is 0.429. The van der Waals surface area contributed by atoms with Gasteiger partial charge in [-0.15, -0.1) is 0 Å². The standard InChI is InChI=1S/C14H20N2O4/c1-3-20-10(2)9-15-14(19)16-12-6-4-11(5-7-12)8-13(17)18/h4-7,10H,3,8-9H2,1-2H3,(H,17,18)(H2,15,16,19). The molecular weight excluding hydrogens is 260 g/mol. The Bertz CT molecular complexity index is 445. The van der Waals surface area contributed by atoms with Gasteiger partial charge in [0.15, 0.2) is 0 Å². The lowest BCUT2D eigenvalue weighted by Crippen LogP contribution is -2.35. The van der Waals surface area contributed by atoms with Gasteiger partial charge in [-0.1, -0.05) is 12.1 Å². The van der Waals surface area contributed by atoms with Gasteiger partial charge in [0.25, 0.3) is 0 Å². The molecule has 0 aliphatic rings. The van der Waals surface area contributed by atoms with Crippen LogP contribution in [0, 0.1) is 0 Å². The maximum absolute atomic E-state index is 11.6. The summed E-state index contributed by atoms with van der Waals surface area (Å²) in [4.78, 5) is 22.2. The molecule has 110 valence electrons. The molecule has 0 saturated heterocycles. The van der Waals surface area contributed by atoms with Crippen molar-refractivity contribution in [1.29, 1.82) is 0 Å². The molecule has 1 atom stereocenters. The van der Waals surface area contributed by atoms with E-state index in [2.05, 4.69) is 10.6 Å². The number of carboxylic acids is 1. The molecule has 0 saturated carbocycles. The molecule has 0 bridgehead atoms. The molecule has 1 aromatic carbocycles. The van der Waals surface area contributed by atoms with Gasteiger partial charge in [-0.25, -0.2) is 4.79 Å². The predicted molar refractivity (Wildman–Crippen MR) is 75.9 cm³/mol. The van der Waals surface area contributed by atoms with Gasteiger partial charge in [-0.3, -0.25) is 4.79 Å². The minimum atomic E-state index is -0.881. The zero-order valence-corrected chi connectivity index (χ0v) is 11.7. The Morgan fingerprint density at radius 1 is 1.30 bits per heavy atom. The number of rotatable bonds is 7.